The summed E-state index contributed by atoms with van der Waals surface area (Å²) in [5, 5.41) is 0. The molecule has 0 bridgehead atoms. The van der Waals surface area contributed by atoms with Crippen LogP contribution in [0.3, 0.4) is 0 Å². The van der Waals surface area contributed by atoms with Crippen molar-refractivity contribution in [3.05, 3.63) is 23.3 Å². The van der Waals surface area contributed by atoms with Gasteiger partial charge in [-0.1, -0.05) is 0 Å². The summed E-state index contributed by atoms with van der Waals surface area (Å²) in [5.74, 6) is 1.13. The Morgan fingerprint density at radius 1 is 1.25 bits per heavy atom. The van der Waals surface area contributed by atoms with Crippen LogP contribution in [0.25, 0.3) is 0 Å². The van der Waals surface area contributed by atoms with Gasteiger partial charge in [-0.25, -0.2) is 9.97 Å². The Morgan fingerprint density at radius 3 is 2.79 bits per heavy atom. The van der Waals surface area contributed by atoms with Gasteiger partial charge in [-0.3, -0.25) is 9.69 Å². The Hall–Kier alpha value is -1.49. The third kappa shape index (κ3) is 2.73. The van der Waals surface area contributed by atoms with Crippen molar-refractivity contribution < 1.29 is 4.79 Å². The molecule has 0 N–H and O–H groups in total. The highest BCUT2D eigenvalue weighted by molar-refractivity contribution is 5.73. The normalized spacial score (nSPS) is 28.3. The molecule has 0 radical (unpaired) electrons. The van der Waals surface area contributed by atoms with Crippen LogP contribution in [0, 0.1) is 6.92 Å². The van der Waals surface area contributed by atoms with Gasteiger partial charge in [0.15, 0.2) is 0 Å². The van der Waals surface area contributed by atoms with Crippen LogP contribution in [0.2, 0.25) is 0 Å². The second-order valence-corrected chi connectivity index (χ2v) is 7.88. The first-order valence-electron chi connectivity index (χ1n) is 9.40. The van der Waals surface area contributed by atoms with E-state index in [1.54, 1.807) is 6.92 Å². The lowest BCUT2D eigenvalue weighted by Gasteiger charge is -2.46. The Bertz CT molecular complexity index is 634. The van der Waals surface area contributed by atoms with Gasteiger partial charge in [-0.2, -0.15) is 0 Å². The maximum Gasteiger partial charge on any atom is 0.219 e. The van der Waals surface area contributed by atoms with Gasteiger partial charge < -0.3 is 4.90 Å². The number of rotatable bonds is 1. The molecular weight excluding hydrogens is 300 g/mol. The molecule has 130 valence electrons. The number of hydrogen-bond donors (Lipinski definition) is 0. The molecule has 1 atom stereocenters. The average molecular weight is 328 g/mol. The Labute approximate surface area is 144 Å². The van der Waals surface area contributed by atoms with Crippen molar-refractivity contribution in [2.45, 2.75) is 63.8 Å². The standard InChI is InChI=1S/C19H28N4O/c1-14-20-12-16-4-8-19(18(16)21-14)7-3-9-23(13-19)17-5-10-22(11-6-17)15(2)24/h12,17H,3-11,13H2,1-2H3. The van der Waals surface area contributed by atoms with Gasteiger partial charge in [0.1, 0.15) is 5.82 Å². The van der Waals surface area contributed by atoms with E-state index in [0.29, 0.717) is 6.04 Å². The lowest BCUT2D eigenvalue weighted by Crippen LogP contribution is -2.53. The van der Waals surface area contributed by atoms with E-state index in [-0.39, 0.29) is 11.3 Å². The number of aryl methyl sites for hydroxylation is 2. The van der Waals surface area contributed by atoms with Crippen molar-refractivity contribution >= 4 is 5.91 Å². The zero-order valence-electron chi connectivity index (χ0n) is 14.9. The van der Waals surface area contributed by atoms with Crippen LogP contribution in [-0.2, 0) is 16.6 Å². The van der Waals surface area contributed by atoms with Crippen LogP contribution in [0.15, 0.2) is 6.20 Å². The van der Waals surface area contributed by atoms with Crippen molar-refractivity contribution in [1.29, 1.82) is 0 Å². The number of nitrogens with zero attached hydrogens (tertiary/aromatic N) is 4. The van der Waals surface area contributed by atoms with Crippen LogP contribution in [-0.4, -0.2) is 57.9 Å². The second-order valence-electron chi connectivity index (χ2n) is 7.88. The number of piperidine rings is 2. The number of amides is 1. The molecule has 5 heteroatoms. The third-order valence-electron chi connectivity index (χ3n) is 6.39. The molecule has 2 fully saturated rings. The van der Waals surface area contributed by atoms with Crippen LogP contribution in [0.1, 0.15) is 56.1 Å². The predicted octanol–water partition coefficient (Wildman–Crippen LogP) is 2.08. The summed E-state index contributed by atoms with van der Waals surface area (Å²) >= 11 is 0. The van der Waals surface area contributed by atoms with Gasteiger partial charge in [0, 0.05) is 44.2 Å². The molecule has 2 saturated heterocycles. The Balaban J connectivity index is 1.50. The molecule has 5 nitrogen and oxygen atoms in total. The van der Waals surface area contributed by atoms with E-state index in [2.05, 4.69) is 16.1 Å². The van der Waals surface area contributed by atoms with E-state index in [1.165, 1.54) is 37.1 Å². The first-order chi connectivity index (χ1) is 11.6. The van der Waals surface area contributed by atoms with Crippen molar-refractivity contribution in [1.82, 2.24) is 19.8 Å². The molecule has 0 saturated carbocycles. The van der Waals surface area contributed by atoms with Crippen LogP contribution in [0.4, 0.5) is 0 Å². The van der Waals surface area contributed by atoms with Crippen LogP contribution in [0.5, 0.6) is 0 Å². The maximum absolute atomic E-state index is 11.6. The zero-order valence-corrected chi connectivity index (χ0v) is 14.9. The highest BCUT2D eigenvalue weighted by Crippen LogP contribution is 2.44. The van der Waals surface area contributed by atoms with E-state index in [1.807, 2.05) is 11.8 Å². The molecule has 2 aliphatic heterocycles. The fourth-order valence-electron chi connectivity index (χ4n) is 5.05. The summed E-state index contributed by atoms with van der Waals surface area (Å²) in [7, 11) is 0. The number of aromatic nitrogens is 2. The Kier molecular flexibility index (Phi) is 4.07. The fraction of sp³-hybridized carbons (Fsp3) is 0.737. The van der Waals surface area contributed by atoms with E-state index in [9.17, 15) is 4.79 Å². The van der Waals surface area contributed by atoms with Crippen molar-refractivity contribution in [3.8, 4) is 0 Å². The van der Waals surface area contributed by atoms with E-state index in [0.717, 1.165) is 44.7 Å². The van der Waals surface area contributed by atoms with Crippen molar-refractivity contribution in [2.75, 3.05) is 26.2 Å². The average Bonchev–Trinajstić information content (AvgIpc) is 2.92. The molecular formula is C19H28N4O. The molecule has 0 aromatic carbocycles. The van der Waals surface area contributed by atoms with Gasteiger partial charge in [0.25, 0.3) is 0 Å². The second kappa shape index (κ2) is 6.10. The number of carbonyl (C=O) groups excluding carboxylic acids is 1. The SMILES string of the molecule is CC(=O)N1CCC(N2CCCC3(CCc4cnc(C)nc43)C2)CC1. The summed E-state index contributed by atoms with van der Waals surface area (Å²) < 4.78 is 0. The molecule has 4 rings (SSSR count). The number of hydrogen-bond acceptors (Lipinski definition) is 4. The first kappa shape index (κ1) is 16.0. The topological polar surface area (TPSA) is 49.3 Å². The van der Waals surface area contributed by atoms with E-state index < -0.39 is 0 Å². The molecule has 1 unspecified atom stereocenters. The summed E-state index contributed by atoms with van der Waals surface area (Å²) in [6.07, 6.45) is 9.16. The minimum absolute atomic E-state index is 0.223. The van der Waals surface area contributed by atoms with Crippen molar-refractivity contribution in [3.63, 3.8) is 0 Å². The summed E-state index contributed by atoms with van der Waals surface area (Å²) in [6, 6.07) is 0.629. The van der Waals surface area contributed by atoms with Crippen molar-refractivity contribution in [2.24, 2.45) is 0 Å². The van der Waals surface area contributed by atoms with Gasteiger partial charge in [0.05, 0.1) is 5.69 Å². The van der Waals surface area contributed by atoms with Crippen LogP contribution >= 0.6 is 0 Å². The molecule has 1 aliphatic carbocycles. The summed E-state index contributed by atoms with van der Waals surface area (Å²) in [4.78, 5) is 25.5. The lowest BCUT2D eigenvalue weighted by molar-refractivity contribution is -0.130. The van der Waals surface area contributed by atoms with Gasteiger partial charge in [-0.05, 0) is 57.6 Å². The number of fused-ring (bicyclic) bond motifs is 2. The summed E-state index contributed by atoms with van der Waals surface area (Å²) in [5.41, 5.74) is 2.95. The number of carbonyl (C=O) groups is 1. The molecule has 1 amide bonds. The highest BCUT2D eigenvalue weighted by atomic mass is 16.2. The smallest absolute Gasteiger partial charge is 0.219 e. The van der Waals surface area contributed by atoms with Crippen LogP contribution < -0.4 is 0 Å². The quantitative estimate of drug-likeness (QED) is 0.792. The molecule has 1 aromatic heterocycles. The maximum atomic E-state index is 11.6. The molecule has 1 spiro atoms. The zero-order chi connectivity index (χ0) is 16.7. The van der Waals surface area contributed by atoms with Gasteiger partial charge >= 0.3 is 0 Å². The Morgan fingerprint density at radius 2 is 2.04 bits per heavy atom. The van der Waals surface area contributed by atoms with E-state index in [4.69, 9.17) is 4.98 Å². The first-order valence-corrected chi connectivity index (χ1v) is 9.40. The van der Waals surface area contributed by atoms with Gasteiger partial charge in [0.2, 0.25) is 5.91 Å². The molecule has 3 aliphatic rings. The van der Waals surface area contributed by atoms with Gasteiger partial charge in [-0.15, -0.1) is 0 Å². The molecule has 3 heterocycles. The summed E-state index contributed by atoms with van der Waals surface area (Å²) in [6.45, 7) is 7.87. The fourth-order valence-corrected chi connectivity index (χ4v) is 5.05. The van der Waals surface area contributed by atoms with E-state index >= 15 is 0 Å². The molecule has 24 heavy (non-hydrogen) atoms. The number of likely N-dealkylation sites (tertiary alicyclic amines) is 2. The molecule has 1 aromatic rings. The minimum Gasteiger partial charge on any atom is -0.343 e. The predicted molar refractivity (Wildman–Crippen MR) is 92.9 cm³/mol. The third-order valence-corrected chi connectivity index (χ3v) is 6.39. The largest absolute Gasteiger partial charge is 0.343 e. The monoisotopic (exact) mass is 328 g/mol. The minimum atomic E-state index is 0.223. The highest BCUT2D eigenvalue weighted by Gasteiger charge is 2.45. The lowest BCUT2D eigenvalue weighted by atomic mass is 9.76.